The molecule has 1 aliphatic rings. The van der Waals surface area contributed by atoms with Crippen molar-refractivity contribution in [1.29, 1.82) is 0 Å². The lowest BCUT2D eigenvalue weighted by molar-refractivity contribution is 0.189. The zero-order valence-corrected chi connectivity index (χ0v) is 14.3. The Bertz CT molecular complexity index is 746. The van der Waals surface area contributed by atoms with Gasteiger partial charge >= 0.3 is 6.03 Å². The number of likely N-dealkylation sites (tertiary alicyclic amines) is 1. The van der Waals surface area contributed by atoms with Crippen LogP contribution >= 0.6 is 0 Å². The Balaban J connectivity index is 1.82. The average Bonchev–Trinajstić information content (AvgIpc) is 2.84. The SMILES string of the molecule is Cc1ccc([C@@H]2CCCCCN2C(=O)Nc2ccc(F)cc2F)cc1. The van der Waals surface area contributed by atoms with Gasteiger partial charge in [-0.05, 0) is 37.5 Å². The lowest BCUT2D eigenvalue weighted by atomic mass is 10.00. The van der Waals surface area contributed by atoms with Gasteiger partial charge < -0.3 is 10.2 Å². The number of hydrogen-bond donors (Lipinski definition) is 1. The van der Waals surface area contributed by atoms with Crippen molar-refractivity contribution in [3.8, 4) is 0 Å². The maximum absolute atomic E-state index is 13.8. The van der Waals surface area contributed by atoms with Crippen LogP contribution < -0.4 is 5.32 Å². The lowest BCUT2D eigenvalue weighted by Gasteiger charge is -2.30. The molecular formula is C20H22F2N2O. The van der Waals surface area contributed by atoms with Crippen molar-refractivity contribution in [3.05, 3.63) is 65.2 Å². The Morgan fingerprint density at radius 2 is 1.84 bits per heavy atom. The van der Waals surface area contributed by atoms with Crippen LogP contribution in [-0.4, -0.2) is 17.5 Å². The monoisotopic (exact) mass is 344 g/mol. The van der Waals surface area contributed by atoms with Crippen molar-refractivity contribution in [2.75, 3.05) is 11.9 Å². The third-order valence-corrected chi connectivity index (χ3v) is 4.65. The van der Waals surface area contributed by atoms with Crippen LogP contribution in [0.3, 0.4) is 0 Å². The highest BCUT2D eigenvalue weighted by Gasteiger charge is 2.27. The summed E-state index contributed by atoms with van der Waals surface area (Å²) in [5, 5.41) is 2.59. The number of aryl methyl sites for hydroxylation is 1. The molecule has 2 amide bonds. The van der Waals surface area contributed by atoms with Crippen molar-refractivity contribution in [3.63, 3.8) is 0 Å². The molecular weight excluding hydrogens is 322 g/mol. The third kappa shape index (κ3) is 4.16. The second kappa shape index (κ2) is 7.64. The number of benzene rings is 2. The van der Waals surface area contributed by atoms with Crippen molar-refractivity contribution in [1.82, 2.24) is 4.90 Å². The van der Waals surface area contributed by atoms with E-state index in [1.165, 1.54) is 11.6 Å². The molecule has 1 heterocycles. The van der Waals surface area contributed by atoms with Crippen LogP contribution in [0.1, 0.15) is 42.9 Å². The lowest BCUT2D eigenvalue weighted by Crippen LogP contribution is -2.38. The molecule has 2 aromatic rings. The molecule has 0 unspecified atom stereocenters. The molecule has 3 nitrogen and oxygen atoms in total. The molecule has 0 aliphatic carbocycles. The van der Waals surface area contributed by atoms with E-state index in [2.05, 4.69) is 5.32 Å². The van der Waals surface area contributed by atoms with Crippen LogP contribution in [0, 0.1) is 18.6 Å². The molecule has 0 spiro atoms. The van der Waals surface area contributed by atoms with Gasteiger partial charge in [0.1, 0.15) is 11.6 Å². The number of halogens is 2. The Labute approximate surface area is 146 Å². The van der Waals surface area contributed by atoms with Gasteiger partial charge in [-0.1, -0.05) is 42.7 Å². The van der Waals surface area contributed by atoms with Gasteiger partial charge in [-0.3, -0.25) is 0 Å². The topological polar surface area (TPSA) is 32.3 Å². The number of nitrogens with one attached hydrogen (secondary N) is 1. The van der Waals surface area contributed by atoms with E-state index in [0.717, 1.165) is 43.4 Å². The van der Waals surface area contributed by atoms with Crippen molar-refractivity contribution in [2.45, 2.75) is 38.6 Å². The van der Waals surface area contributed by atoms with E-state index < -0.39 is 11.6 Å². The van der Waals surface area contributed by atoms with E-state index in [1.807, 2.05) is 31.2 Å². The minimum atomic E-state index is -0.768. The first kappa shape index (κ1) is 17.4. The summed E-state index contributed by atoms with van der Waals surface area (Å²) in [5.41, 5.74) is 2.25. The van der Waals surface area contributed by atoms with E-state index >= 15 is 0 Å². The number of urea groups is 1. The number of nitrogens with zero attached hydrogens (tertiary/aromatic N) is 1. The van der Waals surface area contributed by atoms with Crippen LogP contribution in [-0.2, 0) is 0 Å². The second-order valence-electron chi connectivity index (χ2n) is 6.52. The summed E-state index contributed by atoms with van der Waals surface area (Å²) in [7, 11) is 0. The van der Waals surface area contributed by atoms with Crippen LogP contribution in [0.4, 0.5) is 19.3 Å². The summed E-state index contributed by atoms with van der Waals surface area (Å²) in [6.07, 6.45) is 3.91. The summed E-state index contributed by atoms with van der Waals surface area (Å²) < 4.78 is 26.9. The number of anilines is 1. The number of carbonyl (C=O) groups excluding carboxylic acids is 1. The molecule has 1 N–H and O–H groups in total. The highest BCUT2D eigenvalue weighted by Crippen LogP contribution is 2.31. The zero-order chi connectivity index (χ0) is 17.8. The molecule has 25 heavy (non-hydrogen) atoms. The Morgan fingerprint density at radius 1 is 1.08 bits per heavy atom. The number of carbonyl (C=O) groups is 1. The minimum Gasteiger partial charge on any atom is -0.317 e. The normalized spacial score (nSPS) is 17.9. The Kier molecular flexibility index (Phi) is 5.31. The molecule has 2 aromatic carbocycles. The predicted octanol–water partition coefficient (Wildman–Crippen LogP) is 5.42. The standard InChI is InChI=1S/C20H22F2N2O/c1-14-6-8-15(9-7-14)19-5-3-2-4-12-24(19)20(25)23-18-11-10-16(21)13-17(18)22/h6-11,13,19H,2-5,12H2,1H3,(H,23,25)/t19-/m0/s1. The first-order valence-corrected chi connectivity index (χ1v) is 8.64. The third-order valence-electron chi connectivity index (χ3n) is 4.65. The highest BCUT2D eigenvalue weighted by molar-refractivity contribution is 5.89. The fraction of sp³-hybridized carbons (Fsp3) is 0.350. The van der Waals surface area contributed by atoms with Gasteiger partial charge in [-0.2, -0.15) is 0 Å². The molecule has 132 valence electrons. The maximum Gasteiger partial charge on any atom is 0.322 e. The first-order valence-electron chi connectivity index (χ1n) is 8.64. The van der Waals surface area contributed by atoms with Gasteiger partial charge in [0.25, 0.3) is 0 Å². The van der Waals surface area contributed by atoms with Crippen molar-refractivity contribution in [2.24, 2.45) is 0 Å². The predicted molar refractivity (Wildman–Crippen MR) is 94.5 cm³/mol. The molecule has 0 aromatic heterocycles. The molecule has 5 heteroatoms. The molecule has 0 bridgehead atoms. The molecule has 1 saturated heterocycles. The summed E-state index contributed by atoms with van der Waals surface area (Å²) >= 11 is 0. The Hall–Kier alpha value is -2.43. The fourth-order valence-corrected chi connectivity index (χ4v) is 3.26. The highest BCUT2D eigenvalue weighted by atomic mass is 19.1. The van der Waals surface area contributed by atoms with E-state index in [1.54, 1.807) is 4.90 Å². The summed E-state index contributed by atoms with van der Waals surface area (Å²) in [6.45, 7) is 2.64. The molecule has 0 radical (unpaired) electrons. The first-order chi connectivity index (χ1) is 12.0. The quantitative estimate of drug-likeness (QED) is 0.775. The maximum atomic E-state index is 13.8. The van der Waals surface area contributed by atoms with Crippen molar-refractivity contribution >= 4 is 11.7 Å². The molecule has 3 rings (SSSR count). The smallest absolute Gasteiger partial charge is 0.317 e. The molecule has 1 atom stereocenters. The van der Waals surface area contributed by atoms with Gasteiger partial charge in [0.05, 0.1) is 11.7 Å². The number of rotatable bonds is 2. The van der Waals surface area contributed by atoms with Gasteiger partial charge in [0.15, 0.2) is 0 Å². The molecule has 1 fully saturated rings. The van der Waals surface area contributed by atoms with Gasteiger partial charge in [-0.15, -0.1) is 0 Å². The van der Waals surface area contributed by atoms with Gasteiger partial charge in [0, 0.05) is 12.6 Å². The Morgan fingerprint density at radius 3 is 2.56 bits per heavy atom. The van der Waals surface area contributed by atoms with Crippen LogP contribution in [0.2, 0.25) is 0 Å². The van der Waals surface area contributed by atoms with Crippen LogP contribution in [0.5, 0.6) is 0 Å². The van der Waals surface area contributed by atoms with Crippen molar-refractivity contribution < 1.29 is 13.6 Å². The fourth-order valence-electron chi connectivity index (χ4n) is 3.26. The molecule has 0 saturated carbocycles. The number of hydrogen-bond acceptors (Lipinski definition) is 1. The van der Waals surface area contributed by atoms with Gasteiger partial charge in [0.2, 0.25) is 0 Å². The number of amides is 2. The largest absolute Gasteiger partial charge is 0.322 e. The van der Waals surface area contributed by atoms with Gasteiger partial charge in [-0.25, -0.2) is 13.6 Å². The van der Waals surface area contributed by atoms with E-state index in [9.17, 15) is 13.6 Å². The average molecular weight is 344 g/mol. The zero-order valence-electron chi connectivity index (χ0n) is 14.3. The summed E-state index contributed by atoms with van der Waals surface area (Å²) in [5.74, 6) is -1.43. The second-order valence-corrected chi connectivity index (χ2v) is 6.52. The summed E-state index contributed by atoms with van der Waals surface area (Å²) in [4.78, 5) is 14.5. The van der Waals surface area contributed by atoms with E-state index in [0.29, 0.717) is 6.54 Å². The van der Waals surface area contributed by atoms with E-state index in [4.69, 9.17) is 0 Å². The van der Waals surface area contributed by atoms with E-state index in [-0.39, 0.29) is 17.8 Å². The molecule has 1 aliphatic heterocycles. The summed E-state index contributed by atoms with van der Waals surface area (Å²) in [6, 6.07) is 10.9. The van der Waals surface area contributed by atoms with Crippen LogP contribution in [0.15, 0.2) is 42.5 Å². The van der Waals surface area contributed by atoms with Crippen LogP contribution in [0.25, 0.3) is 0 Å². The minimum absolute atomic E-state index is 0.00157.